The van der Waals surface area contributed by atoms with E-state index in [1.807, 2.05) is 0 Å². The second-order valence-corrected chi connectivity index (χ2v) is 13.6. The molecule has 0 aromatic rings. The zero-order valence-electron chi connectivity index (χ0n) is 23.4. The molecule has 4 aliphatic rings. The van der Waals surface area contributed by atoms with Gasteiger partial charge in [-0.25, -0.2) is 0 Å². The second kappa shape index (κ2) is 9.99. The topological polar surface area (TPSA) is 68.1 Å². The molecule has 200 valence electrons. The maximum absolute atomic E-state index is 11.7. The van der Waals surface area contributed by atoms with Crippen LogP contribution in [0.1, 0.15) is 112 Å². The number of esters is 1. The van der Waals surface area contributed by atoms with Gasteiger partial charge in [-0.15, -0.1) is 0 Å². The third-order valence-corrected chi connectivity index (χ3v) is 11.6. The molecule has 0 unspecified atom stereocenters. The maximum Gasteiger partial charge on any atom is 0.302 e. The van der Waals surface area contributed by atoms with E-state index >= 15 is 0 Å². The summed E-state index contributed by atoms with van der Waals surface area (Å²) in [6.07, 6.45) is 12.3. The highest BCUT2D eigenvalue weighted by Crippen LogP contribution is 2.69. The molecule has 4 fully saturated rings. The third kappa shape index (κ3) is 4.36. The van der Waals surface area contributed by atoms with E-state index in [1.165, 1.54) is 51.9 Å². The molecular formula is C30H51NO4. The van der Waals surface area contributed by atoms with Crippen LogP contribution in [-0.4, -0.2) is 35.7 Å². The average molecular weight is 490 g/mol. The standard InChI is InChI=1S/C30H51NO4/c1-19(2)9-8-10-20(3)24-11-12-25-23-17-27(31-33)30(34-7)18-22(35-21(4)32)13-16-29(30,6)26(23)14-15-28(24,25)5/h19-20,22-26,33H,8-18H2,1-7H3/b31-27+/t20-,22-,23+,24-,25+,26+,28-,29-,30+/m1/s1. The van der Waals surface area contributed by atoms with Crippen molar-refractivity contribution < 1.29 is 19.5 Å². The van der Waals surface area contributed by atoms with Crippen molar-refractivity contribution in [3.05, 3.63) is 0 Å². The quantitative estimate of drug-likeness (QED) is 0.232. The molecule has 1 N–H and O–H groups in total. The molecule has 4 rings (SSSR count). The van der Waals surface area contributed by atoms with Crippen molar-refractivity contribution in [3.63, 3.8) is 0 Å². The Morgan fingerprint density at radius 3 is 2.46 bits per heavy atom. The fourth-order valence-electron chi connectivity index (χ4n) is 9.92. The summed E-state index contributed by atoms with van der Waals surface area (Å²) in [7, 11) is 1.76. The molecule has 5 nitrogen and oxygen atoms in total. The van der Waals surface area contributed by atoms with Gasteiger partial charge in [0, 0.05) is 25.9 Å². The van der Waals surface area contributed by atoms with Crippen LogP contribution in [0.25, 0.3) is 0 Å². The minimum absolute atomic E-state index is 0.106. The zero-order chi connectivity index (χ0) is 25.6. The van der Waals surface area contributed by atoms with Crippen LogP contribution in [0.3, 0.4) is 0 Å². The highest BCUT2D eigenvalue weighted by Gasteiger charge is 2.68. The largest absolute Gasteiger partial charge is 0.462 e. The number of nitrogens with zero attached hydrogens (tertiary/aromatic N) is 1. The molecule has 0 saturated heterocycles. The predicted octanol–water partition coefficient (Wildman–Crippen LogP) is 7.25. The van der Waals surface area contributed by atoms with Crippen LogP contribution in [0.15, 0.2) is 5.16 Å². The number of ether oxygens (including phenoxy) is 2. The minimum atomic E-state index is -0.656. The summed E-state index contributed by atoms with van der Waals surface area (Å²) >= 11 is 0. The van der Waals surface area contributed by atoms with E-state index in [9.17, 15) is 10.0 Å². The van der Waals surface area contributed by atoms with E-state index in [0.717, 1.165) is 42.7 Å². The monoisotopic (exact) mass is 489 g/mol. The highest BCUT2D eigenvalue weighted by molar-refractivity contribution is 5.94. The van der Waals surface area contributed by atoms with Crippen LogP contribution in [0.2, 0.25) is 0 Å². The number of fused-ring (bicyclic) bond motifs is 5. The van der Waals surface area contributed by atoms with Gasteiger partial charge in [-0.2, -0.15) is 0 Å². The molecule has 0 aromatic heterocycles. The highest BCUT2D eigenvalue weighted by atomic mass is 16.5. The lowest BCUT2D eigenvalue weighted by Crippen LogP contribution is -2.68. The summed E-state index contributed by atoms with van der Waals surface area (Å²) in [5.41, 5.74) is 0.415. The Kier molecular flexibility index (Phi) is 7.69. The molecule has 35 heavy (non-hydrogen) atoms. The summed E-state index contributed by atoms with van der Waals surface area (Å²) in [5, 5.41) is 14.2. The Morgan fingerprint density at radius 1 is 1.09 bits per heavy atom. The van der Waals surface area contributed by atoms with Gasteiger partial charge >= 0.3 is 5.97 Å². The molecule has 5 heteroatoms. The Labute approximate surface area is 213 Å². The van der Waals surface area contributed by atoms with Gasteiger partial charge in [-0.3, -0.25) is 4.79 Å². The van der Waals surface area contributed by atoms with Crippen molar-refractivity contribution in [3.8, 4) is 0 Å². The van der Waals surface area contributed by atoms with E-state index in [2.05, 4.69) is 39.8 Å². The van der Waals surface area contributed by atoms with Gasteiger partial charge in [-0.05, 0) is 85.9 Å². The molecule has 4 saturated carbocycles. The normalized spacial score (nSPS) is 45.0. The lowest BCUT2D eigenvalue weighted by atomic mass is 9.42. The smallest absolute Gasteiger partial charge is 0.302 e. The van der Waals surface area contributed by atoms with Crippen molar-refractivity contribution in [2.75, 3.05) is 7.11 Å². The van der Waals surface area contributed by atoms with Crippen LogP contribution < -0.4 is 0 Å². The summed E-state index contributed by atoms with van der Waals surface area (Å²) in [6.45, 7) is 13.6. The molecule has 0 spiro atoms. The molecule has 0 bridgehead atoms. The van der Waals surface area contributed by atoms with Crippen LogP contribution in [-0.2, 0) is 14.3 Å². The van der Waals surface area contributed by atoms with Crippen molar-refractivity contribution >= 4 is 11.7 Å². The lowest BCUT2D eigenvalue weighted by Gasteiger charge is -2.65. The molecule has 4 aliphatic carbocycles. The maximum atomic E-state index is 11.7. The first-order chi connectivity index (χ1) is 16.5. The van der Waals surface area contributed by atoms with Crippen LogP contribution >= 0.6 is 0 Å². The molecule has 0 aliphatic heterocycles. The first-order valence-corrected chi connectivity index (χ1v) is 14.5. The van der Waals surface area contributed by atoms with Crippen LogP contribution in [0.4, 0.5) is 0 Å². The van der Waals surface area contributed by atoms with Gasteiger partial charge in [0.05, 0.1) is 5.71 Å². The van der Waals surface area contributed by atoms with Crippen molar-refractivity contribution in [2.24, 2.45) is 51.5 Å². The molecular weight excluding hydrogens is 438 g/mol. The number of rotatable bonds is 7. The van der Waals surface area contributed by atoms with Crippen LogP contribution in [0.5, 0.6) is 0 Å². The zero-order valence-corrected chi connectivity index (χ0v) is 23.4. The van der Waals surface area contributed by atoms with Crippen molar-refractivity contribution in [2.45, 2.75) is 124 Å². The van der Waals surface area contributed by atoms with E-state index in [-0.39, 0.29) is 17.5 Å². The SMILES string of the molecule is CO[C@]12C[C@H](OC(C)=O)CC[C@]1(C)[C@H]1CC[C@]3(C)[C@@H]([C@H](C)CCCC(C)C)CC[C@H]3[C@@H]1C/C2=N\O. The Balaban J connectivity index is 1.59. The van der Waals surface area contributed by atoms with Gasteiger partial charge < -0.3 is 14.7 Å². The third-order valence-electron chi connectivity index (χ3n) is 11.6. The Bertz CT molecular complexity index is 810. The van der Waals surface area contributed by atoms with Crippen molar-refractivity contribution in [1.29, 1.82) is 0 Å². The summed E-state index contributed by atoms with van der Waals surface area (Å²) in [6, 6.07) is 0. The molecule has 0 amide bonds. The molecule has 0 heterocycles. The minimum Gasteiger partial charge on any atom is -0.462 e. The average Bonchev–Trinajstić information content (AvgIpc) is 3.15. The number of oxime groups is 1. The lowest BCUT2D eigenvalue weighted by molar-refractivity contribution is -0.192. The fourth-order valence-corrected chi connectivity index (χ4v) is 9.92. The Morgan fingerprint density at radius 2 is 1.83 bits per heavy atom. The number of methoxy groups -OCH3 is 1. The Hall–Kier alpha value is -1.10. The van der Waals surface area contributed by atoms with Gasteiger partial charge in [-0.1, -0.05) is 59.0 Å². The molecule has 0 aromatic carbocycles. The van der Waals surface area contributed by atoms with Gasteiger partial charge in [0.1, 0.15) is 11.7 Å². The number of hydrogen-bond acceptors (Lipinski definition) is 5. The van der Waals surface area contributed by atoms with Gasteiger partial charge in [0.2, 0.25) is 0 Å². The first-order valence-electron chi connectivity index (χ1n) is 14.5. The van der Waals surface area contributed by atoms with E-state index in [4.69, 9.17) is 9.47 Å². The summed E-state index contributed by atoms with van der Waals surface area (Å²) in [4.78, 5) is 11.7. The van der Waals surface area contributed by atoms with Crippen LogP contribution in [0, 0.1) is 46.3 Å². The molecule has 0 radical (unpaired) electrons. The molecule has 9 atom stereocenters. The predicted molar refractivity (Wildman–Crippen MR) is 139 cm³/mol. The van der Waals surface area contributed by atoms with Crippen molar-refractivity contribution in [1.82, 2.24) is 0 Å². The number of carbonyl (C=O) groups is 1. The fraction of sp³-hybridized carbons (Fsp3) is 0.933. The van der Waals surface area contributed by atoms with E-state index in [0.29, 0.717) is 29.6 Å². The van der Waals surface area contributed by atoms with Gasteiger partial charge in [0.25, 0.3) is 0 Å². The summed E-state index contributed by atoms with van der Waals surface area (Å²) in [5.74, 6) is 3.92. The first kappa shape index (κ1) is 26.9. The second-order valence-electron chi connectivity index (χ2n) is 13.6. The number of carbonyl (C=O) groups excluding carboxylic acids is 1. The summed E-state index contributed by atoms with van der Waals surface area (Å²) < 4.78 is 12.0. The van der Waals surface area contributed by atoms with E-state index in [1.54, 1.807) is 7.11 Å². The van der Waals surface area contributed by atoms with E-state index < -0.39 is 5.60 Å². The van der Waals surface area contributed by atoms with Gasteiger partial charge in [0.15, 0.2) is 0 Å². The number of hydrogen-bond donors (Lipinski definition) is 1.